The molecule has 20 heavy (non-hydrogen) atoms. The van der Waals surface area contributed by atoms with Crippen molar-refractivity contribution in [2.24, 2.45) is 0 Å². The number of hydrogen-bond acceptors (Lipinski definition) is 3. The van der Waals surface area contributed by atoms with Gasteiger partial charge in [-0.2, -0.15) is 0 Å². The van der Waals surface area contributed by atoms with Gasteiger partial charge in [-0.3, -0.25) is 0 Å². The Morgan fingerprint density at radius 3 is 2.40 bits per heavy atom. The van der Waals surface area contributed by atoms with E-state index in [1.54, 1.807) is 11.8 Å². The Labute approximate surface area is 137 Å². The van der Waals surface area contributed by atoms with Crippen molar-refractivity contribution >= 4 is 39.3 Å². The highest BCUT2D eigenvalue weighted by Gasteiger charge is 2.22. The summed E-state index contributed by atoms with van der Waals surface area (Å²) in [5.74, 6) is 1.47. The van der Waals surface area contributed by atoms with Crippen molar-refractivity contribution in [1.29, 1.82) is 0 Å². The number of rotatable bonds is 3. The maximum Gasteiger partial charge on any atom is 0.147 e. The summed E-state index contributed by atoms with van der Waals surface area (Å²) in [6, 6.07) is 10.2. The van der Waals surface area contributed by atoms with Gasteiger partial charge in [0.1, 0.15) is 11.0 Å². The molecule has 0 radical (unpaired) electrons. The third kappa shape index (κ3) is 3.96. The molecule has 5 heteroatoms. The van der Waals surface area contributed by atoms with Crippen LogP contribution in [0.1, 0.15) is 32.3 Å². The highest BCUT2D eigenvalue weighted by Crippen LogP contribution is 2.33. The highest BCUT2D eigenvalue weighted by atomic mass is 79.9. The molecule has 1 aromatic heterocycles. The number of aromatic nitrogens is 2. The maximum absolute atomic E-state index is 6.20. The lowest BCUT2D eigenvalue weighted by atomic mass is 9.92. The van der Waals surface area contributed by atoms with Crippen LogP contribution in [0.15, 0.2) is 39.7 Å². The molecular weight excluding hydrogens is 356 g/mol. The SMILES string of the molecule is CC(C)(C)c1nc(CSc2ccccc2)nc(Cl)c1Br. The quantitative estimate of drug-likeness (QED) is 0.527. The van der Waals surface area contributed by atoms with E-state index in [2.05, 4.69) is 58.8 Å². The summed E-state index contributed by atoms with van der Waals surface area (Å²) in [7, 11) is 0. The Hall–Kier alpha value is -0.580. The predicted octanol–water partition coefficient (Wildman–Crippen LogP) is 5.48. The average molecular weight is 372 g/mol. The first-order valence-corrected chi connectivity index (χ1v) is 8.44. The number of benzene rings is 1. The molecule has 0 aliphatic rings. The molecule has 0 fully saturated rings. The summed E-state index contributed by atoms with van der Waals surface area (Å²) in [6.07, 6.45) is 0. The van der Waals surface area contributed by atoms with Gasteiger partial charge in [-0.25, -0.2) is 9.97 Å². The van der Waals surface area contributed by atoms with Gasteiger partial charge in [-0.15, -0.1) is 11.8 Å². The van der Waals surface area contributed by atoms with E-state index >= 15 is 0 Å². The fourth-order valence-electron chi connectivity index (χ4n) is 1.69. The van der Waals surface area contributed by atoms with Crippen molar-refractivity contribution in [3.8, 4) is 0 Å². The minimum atomic E-state index is -0.0718. The number of nitrogens with zero attached hydrogens (tertiary/aromatic N) is 2. The normalized spacial score (nSPS) is 11.7. The van der Waals surface area contributed by atoms with Crippen LogP contribution in [-0.4, -0.2) is 9.97 Å². The molecule has 0 saturated carbocycles. The van der Waals surface area contributed by atoms with E-state index in [9.17, 15) is 0 Å². The minimum absolute atomic E-state index is 0.0718. The zero-order valence-corrected chi connectivity index (χ0v) is 14.8. The van der Waals surface area contributed by atoms with Crippen LogP contribution in [0.2, 0.25) is 5.15 Å². The largest absolute Gasteiger partial charge is 0.235 e. The molecule has 106 valence electrons. The first-order chi connectivity index (χ1) is 9.38. The molecule has 0 N–H and O–H groups in total. The van der Waals surface area contributed by atoms with Crippen molar-refractivity contribution in [2.45, 2.75) is 36.8 Å². The van der Waals surface area contributed by atoms with E-state index in [0.717, 1.165) is 16.0 Å². The molecule has 0 saturated heterocycles. The number of thioether (sulfide) groups is 1. The van der Waals surface area contributed by atoms with Crippen molar-refractivity contribution in [1.82, 2.24) is 9.97 Å². The zero-order chi connectivity index (χ0) is 14.8. The minimum Gasteiger partial charge on any atom is -0.235 e. The molecule has 2 aromatic rings. The maximum atomic E-state index is 6.20. The highest BCUT2D eigenvalue weighted by molar-refractivity contribution is 9.10. The third-order valence-electron chi connectivity index (χ3n) is 2.68. The fourth-order valence-corrected chi connectivity index (χ4v) is 3.42. The van der Waals surface area contributed by atoms with Crippen LogP contribution in [0.3, 0.4) is 0 Å². The molecule has 0 bridgehead atoms. The summed E-state index contributed by atoms with van der Waals surface area (Å²) in [5.41, 5.74) is 0.874. The molecule has 0 atom stereocenters. The predicted molar refractivity (Wildman–Crippen MR) is 89.4 cm³/mol. The summed E-state index contributed by atoms with van der Waals surface area (Å²) in [6.45, 7) is 6.35. The van der Waals surface area contributed by atoms with Crippen LogP contribution in [0.4, 0.5) is 0 Å². The monoisotopic (exact) mass is 370 g/mol. The van der Waals surface area contributed by atoms with Crippen LogP contribution in [0.25, 0.3) is 0 Å². The lowest BCUT2D eigenvalue weighted by Crippen LogP contribution is -2.16. The van der Waals surface area contributed by atoms with Gasteiger partial charge in [0.25, 0.3) is 0 Å². The molecule has 0 amide bonds. The van der Waals surface area contributed by atoms with Crippen LogP contribution in [0, 0.1) is 0 Å². The van der Waals surface area contributed by atoms with Gasteiger partial charge < -0.3 is 0 Å². The van der Waals surface area contributed by atoms with Gasteiger partial charge in [-0.05, 0) is 28.1 Å². The van der Waals surface area contributed by atoms with Gasteiger partial charge in [0.05, 0.1) is 15.9 Å². The summed E-state index contributed by atoms with van der Waals surface area (Å²) >= 11 is 11.4. The number of halogens is 2. The second-order valence-electron chi connectivity index (χ2n) is 5.44. The first kappa shape index (κ1) is 15.8. The third-order valence-corrected chi connectivity index (χ3v) is 4.94. The molecule has 2 nitrogen and oxygen atoms in total. The van der Waals surface area contributed by atoms with Gasteiger partial charge in [-0.1, -0.05) is 50.6 Å². The van der Waals surface area contributed by atoms with Crippen LogP contribution >= 0.6 is 39.3 Å². The summed E-state index contributed by atoms with van der Waals surface area (Å²) in [4.78, 5) is 10.2. The molecule has 0 spiro atoms. The lowest BCUT2D eigenvalue weighted by Gasteiger charge is -2.20. The van der Waals surface area contributed by atoms with E-state index in [1.807, 2.05) is 18.2 Å². The van der Waals surface area contributed by atoms with Gasteiger partial charge in [0.15, 0.2) is 0 Å². The number of hydrogen-bond donors (Lipinski definition) is 0. The first-order valence-electron chi connectivity index (χ1n) is 6.28. The van der Waals surface area contributed by atoms with Gasteiger partial charge in [0.2, 0.25) is 0 Å². The van der Waals surface area contributed by atoms with Crippen LogP contribution < -0.4 is 0 Å². The van der Waals surface area contributed by atoms with Crippen molar-refractivity contribution < 1.29 is 0 Å². The van der Waals surface area contributed by atoms with E-state index in [-0.39, 0.29) is 5.41 Å². The van der Waals surface area contributed by atoms with Crippen LogP contribution in [0.5, 0.6) is 0 Å². The zero-order valence-electron chi connectivity index (χ0n) is 11.7. The molecular formula is C15H16BrClN2S. The second-order valence-corrected chi connectivity index (χ2v) is 7.64. The summed E-state index contributed by atoms with van der Waals surface area (Å²) < 4.78 is 0.792. The van der Waals surface area contributed by atoms with Crippen LogP contribution in [-0.2, 0) is 11.2 Å². The van der Waals surface area contributed by atoms with Gasteiger partial charge >= 0.3 is 0 Å². The molecule has 0 aliphatic heterocycles. The molecule has 2 rings (SSSR count). The molecule has 1 heterocycles. The van der Waals surface area contributed by atoms with E-state index in [0.29, 0.717) is 10.9 Å². The fraction of sp³-hybridized carbons (Fsp3) is 0.333. The Balaban J connectivity index is 2.23. The topological polar surface area (TPSA) is 25.8 Å². The smallest absolute Gasteiger partial charge is 0.147 e. The van der Waals surface area contributed by atoms with Crippen molar-refractivity contribution in [2.75, 3.05) is 0 Å². The second kappa shape index (κ2) is 6.46. The van der Waals surface area contributed by atoms with Gasteiger partial charge in [0, 0.05) is 10.3 Å². The Kier molecular flexibility index (Phi) is 5.10. The van der Waals surface area contributed by atoms with E-state index < -0.39 is 0 Å². The van der Waals surface area contributed by atoms with Crippen molar-refractivity contribution in [3.05, 3.63) is 51.5 Å². The molecule has 0 aliphatic carbocycles. The molecule has 1 aromatic carbocycles. The van der Waals surface area contributed by atoms with E-state index in [1.165, 1.54) is 4.90 Å². The lowest BCUT2D eigenvalue weighted by molar-refractivity contribution is 0.560. The Morgan fingerprint density at radius 2 is 1.80 bits per heavy atom. The van der Waals surface area contributed by atoms with Crippen molar-refractivity contribution in [3.63, 3.8) is 0 Å². The Bertz CT molecular complexity index is 597. The summed E-state index contributed by atoms with van der Waals surface area (Å²) in [5, 5.41) is 0.480. The molecule has 0 unspecified atom stereocenters. The standard InChI is InChI=1S/C15H16BrClN2S/c1-15(2,3)13-12(16)14(17)19-11(18-13)9-20-10-7-5-4-6-8-10/h4-8H,9H2,1-3H3. The average Bonchev–Trinajstić information content (AvgIpc) is 2.40. The van der Waals surface area contributed by atoms with E-state index in [4.69, 9.17) is 11.6 Å². The Morgan fingerprint density at radius 1 is 1.15 bits per heavy atom.